The highest BCUT2D eigenvalue weighted by Crippen LogP contribution is 2.31. The molecule has 0 radical (unpaired) electrons. The molecule has 0 bridgehead atoms. The molecule has 1 heterocycles. The van der Waals surface area contributed by atoms with Crippen LogP contribution in [0.15, 0.2) is 29.6 Å². The van der Waals surface area contributed by atoms with Crippen LogP contribution in [0.2, 0.25) is 0 Å². The van der Waals surface area contributed by atoms with Crippen molar-refractivity contribution in [2.24, 2.45) is 5.92 Å². The molecule has 0 saturated heterocycles. The van der Waals surface area contributed by atoms with Gasteiger partial charge < -0.3 is 10.1 Å². The van der Waals surface area contributed by atoms with Crippen LogP contribution in [0.25, 0.3) is 10.6 Å². The highest BCUT2D eigenvalue weighted by Gasteiger charge is 2.10. The Morgan fingerprint density at radius 1 is 1.38 bits per heavy atom. The molecular formula is C16H20N2O2S. The number of hydrogen-bond donors (Lipinski definition) is 1. The summed E-state index contributed by atoms with van der Waals surface area (Å²) in [6.45, 7) is 4.39. The second-order valence-corrected chi connectivity index (χ2v) is 5.90. The molecule has 4 nitrogen and oxygen atoms in total. The summed E-state index contributed by atoms with van der Waals surface area (Å²) in [6, 6.07) is 7.85. The quantitative estimate of drug-likeness (QED) is 0.892. The third-order valence-electron chi connectivity index (χ3n) is 3.09. The van der Waals surface area contributed by atoms with Crippen LogP contribution >= 0.6 is 11.3 Å². The van der Waals surface area contributed by atoms with Crippen molar-refractivity contribution in [2.75, 3.05) is 13.7 Å². The van der Waals surface area contributed by atoms with Crippen molar-refractivity contribution in [1.29, 1.82) is 0 Å². The van der Waals surface area contributed by atoms with E-state index in [9.17, 15) is 4.79 Å². The van der Waals surface area contributed by atoms with Crippen molar-refractivity contribution in [3.8, 4) is 16.3 Å². The number of carbonyl (C=O) groups is 1. The first-order valence-electron chi connectivity index (χ1n) is 6.97. The Morgan fingerprint density at radius 2 is 2.14 bits per heavy atom. The topological polar surface area (TPSA) is 51.2 Å². The molecule has 1 amide bonds. The predicted octanol–water partition coefficient (Wildman–Crippen LogP) is 3.13. The van der Waals surface area contributed by atoms with E-state index in [-0.39, 0.29) is 11.8 Å². The number of carbonyl (C=O) groups excluding carboxylic acids is 1. The minimum Gasteiger partial charge on any atom is -0.496 e. The van der Waals surface area contributed by atoms with Crippen LogP contribution in [0.4, 0.5) is 0 Å². The summed E-state index contributed by atoms with van der Waals surface area (Å²) in [7, 11) is 1.66. The summed E-state index contributed by atoms with van der Waals surface area (Å²) >= 11 is 1.59. The lowest BCUT2D eigenvalue weighted by Crippen LogP contribution is -2.29. The van der Waals surface area contributed by atoms with Gasteiger partial charge >= 0.3 is 0 Å². The van der Waals surface area contributed by atoms with Gasteiger partial charge in [0, 0.05) is 24.3 Å². The zero-order valence-electron chi connectivity index (χ0n) is 12.6. The zero-order valence-corrected chi connectivity index (χ0v) is 13.4. The number of thiazole rings is 1. The number of nitrogens with one attached hydrogen (secondary N) is 1. The van der Waals surface area contributed by atoms with Crippen LogP contribution in [0.5, 0.6) is 5.75 Å². The van der Waals surface area contributed by atoms with Crippen LogP contribution in [0, 0.1) is 5.92 Å². The second kappa shape index (κ2) is 7.22. The molecule has 2 rings (SSSR count). The zero-order chi connectivity index (χ0) is 15.2. The van der Waals surface area contributed by atoms with E-state index in [0.29, 0.717) is 6.54 Å². The minimum atomic E-state index is 0.0181. The van der Waals surface area contributed by atoms with E-state index < -0.39 is 0 Å². The summed E-state index contributed by atoms with van der Waals surface area (Å²) in [5, 5.41) is 5.88. The number of nitrogens with zero attached hydrogens (tertiary/aromatic N) is 1. The molecule has 0 aliphatic rings. The molecule has 0 saturated carbocycles. The SMILES string of the molecule is COc1ccccc1-c1nc(CCNC(=O)C(C)C)cs1. The summed E-state index contributed by atoms with van der Waals surface area (Å²) in [4.78, 5) is 16.1. The normalized spacial score (nSPS) is 10.7. The standard InChI is InChI=1S/C16H20N2O2S/c1-11(2)15(19)17-9-8-12-10-21-16(18-12)13-6-4-5-7-14(13)20-3/h4-7,10-11H,8-9H2,1-3H3,(H,17,19). The fraction of sp³-hybridized carbons (Fsp3) is 0.375. The number of para-hydroxylation sites is 1. The van der Waals surface area contributed by atoms with Gasteiger partial charge in [0.15, 0.2) is 0 Å². The molecule has 0 spiro atoms. The highest BCUT2D eigenvalue weighted by atomic mass is 32.1. The second-order valence-electron chi connectivity index (χ2n) is 5.04. The predicted molar refractivity (Wildman–Crippen MR) is 85.7 cm³/mol. The summed E-state index contributed by atoms with van der Waals surface area (Å²) in [5.41, 5.74) is 1.99. The number of ether oxygens (including phenoxy) is 1. The van der Waals surface area contributed by atoms with Gasteiger partial charge in [0.25, 0.3) is 0 Å². The molecule has 0 aliphatic heterocycles. The van der Waals surface area contributed by atoms with Gasteiger partial charge in [-0.25, -0.2) is 4.98 Å². The number of aromatic nitrogens is 1. The van der Waals surface area contributed by atoms with Crippen molar-refractivity contribution in [3.63, 3.8) is 0 Å². The van der Waals surface area contributed by atoms with Crippen molar-refractivity contribution >= 4 is 17.2 Å². The molecule has 1 aromatic heterocycles. The molecular weight excluding hydrogens is 284 g/mol. The van der Waals surface area contributed by atoms with E-state index in [2.05, 4.69) is 10.3 Å². The Balaban J connectivity index is 2.00. The van der Waals surface area contributed by atoms with Gasteiger partial charge in [-0.3, -0.25) is 4.79 Å². The lowest BCUT2D eigenvalue weighted by Gasteiger charge is -2.06. The average Bonchev–Trinajstić information content (AvgIpc) is 2.95. The Bertz CT molecular complexity index is 608. The molecule has 2 aromatic rings. The van der Waals surface area contributed by atoms with Crippen molar-refractivity contribution in [3.05, 3.63) is 35.3 Å². The van der Waals surface area contributed by atoms with Gasteiger partial charge in [-0.05, 0) is 12.1 Å². The molecule has 112 valence electrons. The van der Waals surface area contributed by atoms with Crippen LogP contribution in [0.3, 0.4) is 0 Å². The fourth-order valence-electron chi connectivity index (χ4n) is 1.88. The maximum Gasteiger partial charge on any atom is 0.222 e. The van der Waals surface area contributed by atoms with E-state index in [0.717, 1.165) is 28.4 Å². The average molecular weight is 304 g/mol. The van der Waals surface area contributed by atoms with Gasteiger partial charge in [-0.2, -0.15) is 0 Å². The van der Waals surface area contributed by atoms with Crippen molar-refractivity contribution in [1.82, 2.24) is 10.3 Å². The van der Waals surface area contributed by atoms with Crippen molar-refractivity contribution < 1.29 is 9.53 Å². The van der Waals surface area contributed by atoms with E-state index in [1.807, 2.05) is 43.5 Å². The Kier molecular flexibility index (Phi) is 5.33. The van der Waals surface area contributed by atoms with E-state index in [1.165, 1.54) is 0 Å². The first kappa shape index (κ1) is 15.5. The summed E-state index contributed by atoms with van der Waals surface area (Å²) in [5.74, 6) is 0.922. The number of hydrogen-bond acceptors (Lipinski definition) is 4. The van der Waals surface area contributed by atoms with Gasteiger partial charge in [-0.15, -0.1) is 11.3 Å². The Morgan fingerprint density at radius 3 is 2.86 bits per heavy atom. The van der Waals surface area contributed by atoms with Crippen LogP contribution in [-0.4, -0.2) is 24.5 Å². The van der Waals surface area contributed by atoms with E-state index in [4.69, 9.17) is 4.74 Å². The monoisotopic (exact) mass is 304 g/mol. The number of methoxy groups -OCH3 is 1. The lowest BCUT2D eigenvalue weighted by atomic mass is 10.2. The number of amides is 1. The van der Waals surface area contributed by atoms with E-state index in [1.54, 1.807) is 18.4 Å². The molecule has 0 aliphatic carbocycles. The lowest BCUT2D eigenvalue weighted by molar-refractivity contribution is -0.123. The maximum absolute atomic E-state index is 11.5. The summed E-state index contributed by atoms with van der Waals surface area (Å²) in [6.07, 6.45) is 0.740. The smallest absolute Gasteiger partial charge is 0.222 e. The molecule has 5 heteroatoms. The first-order chi connectivity index (χ1) is 10.1. The number of rotatable bonds is 6. The molecule has 0 unspecified atom stereocenters. The highest BCUT2D eigenvalue weighted by molar-refractivity contribution is 7.13. The fourth-order valence-corrected chi connectivity index (χ4v) is 2.77. The van der Waals surface area contributed by atoms with Crippen LogP contribution in [-0.2, 0) is 11.2 Å². The van der Waals surface area contributed by atoms with Crippen molar-refractivity contribution in [2.45, 2.75) is 20.3 Å². The molecule has 21 heavy (non-hydrogen) atoms. The largest absolute Gasteiger partial charge is 0.496 e. The molecule has 0 fully saturated rings. The van der Waals surface area contributed by atoms with Gasteiger partial charge in [0.2, 0.25) is 5.91 Å². The van der Waals surface area contributed by atoms with Crippen LogP contribution < -0.4 is 10.1 Å². The Labute approximate surface area is 129 Å². The van der Waals surface area contributed by atoms with E-state index >= 15 is 0 Å². The Hall–Kier alpha value is -1.88. The van der Waals surface area contributed by atoms with Crippen LogP contribution in [0.1, 0.15) is 19.5 Å². The molecule has 0 atom stereocenters. The maximum atomic E-state index is 11.5. The molecule has 1 aromatic carbocycles. The number of benzene rings is 1. The first-order valence-corrected chi connectivity index (χ1v) is 7.85. The minimum absolute atomic E-state index is 0.0181. The van der Waals surface area contributed by atoms with Gasteiger partial charge in [-0.1, -0.05) is 26.0 Å². The third kappa shape index (κ3) is 4.04. The summed E-state index contributed by atoms with van der Waals surface area (Å²) < 4.78 is 5.36. The molecule has 1 N–H and O–H groups in total. The van der Waals surface area contributed by atoms with Gasteiger partial charge in [0.1, 0.15) is 10.8 Å². The van der Waals surface area contributed by atoms with Gasteiger partial charge in [0.05, 0.1) is 18.4 Å². The third-order valence-corrected chi connectivity index (χ3v) is 4.02.